The summed E-state index contributed by atoms with van der Waals surface area (Å²) in [6.45, 7) is 1.79. The van der Waals surface area contributed by atoms with Gasteiger partial charge < -0.3 is 11.1 Å². The fraction of sp³-hybridized carbons (Fsp3) is 0.400. The molecule has 0 bridgehead atoms. The Morgan fingerprint density at radius 2 is 1.78 bits per heavy atom. The zero-order valence-electron chi connectivity index (χ0n) is 10.7. The van der Waals surface area contributed by atoms with Crippen molar-refractivity contribution in [1.29, 1.82) is 0 Å². The van der Waals surface area contributed by atoms with Gasteiger partial charge in [-0.3, -0.25) is 0 Å². The van der Waals surface area contributed by atoms with Crippen LogP contribution in [0.15, 0.2) is 36.4 Å². The van der Waals surface area contributed by atoms with E-state index in [0.717, 1.165) is 30.8 Å². The highest BCUT2D eigenvalue weighted by Gasteiger charge is 1.96. The second kappa shape index (κ2) is 6.97. The Kier molecular flexibility index (Phi) is 4.97. The van der Waals surface area contributed by atoms with E-state index in [1.54, 1.807) is 0 Å². The summed E-state index contributed by atoms with van der Waals surface area (Å²) in [5.41, 5.74) is 6.51. The second-order valence-corrected chi connectivity index (χ2v) is 4.52. The normalized spacial score (nSPS) is 10.7. The minimum Gasteiger partial charge on any atom is -0.370 e. The summed E-state index contributed by atoms with van der Waals surface area (Å²) in [7, 11) is 0. The lowest BCUT2D eigenvalue weighted by molar-refractivity contribution is 0.661. The lowest BCUT2D eigenvalue weighted by Gasteiger charge is -2.06. The van der Waals surface area contributed by atoms with E-state index in [0.29, 0.717) is 0 Å². The maximum Gasteiger partial charge on any atom is 0.126 e. The molecule has 3 nitrogen and oxygen atoms in total. The summed E-state index contributed by atoms with van der Waals surface area (Å²) >= 11 is 0. The highest BCUT2D eigenvalue weighted by Crippen LogP contribution is 2.14. The molecule has 0 aliphatic heterocycles. The molecular formula is C15H21N3. The molecule has 3 N–H and O–H groups in total. The number of nitrogens with two attached hydrogens (primary N) is 1. The van der Waals surface area contributed by atoms with E-state index in [1.165, 1.54) is 24.6 Å². The molecule has 0 aliphatic carbocycles. The van der Waals surface area contributed by atoms with Gasteiger partial charge >= 0.3 is 0 Å². The second-order valence-electron chi connectivity index (χ2n) is 4.52. The smallest absolute Gasteiger partial charge is 0.126 e. The Balaban J connectivity index is 1.81. The molecule has 0 unspecified atom stereocenters. The Morgan fingerprint density at radius 1 is 0.944 bits per heavy atom. The van der Waals surface area contributed by atoms with Crippen LogP contribution in [0.25, 0.3) is 10.9 Å². The van der Waals surface area contributed by atoms with Gasteiger partial charge in [0.1, 0.15) is 5.82 Å². The summed E-state index contributed by atoms with van der Waals surface area (Å²) in [6.07, 6.45) is 4.77. The van der Waals surface area contributed by atoms with Gasteiger partial charge in [0.25, 0.3) is 0 Å². The van der Waals surface area contributed by atoms with Gasteiger partial charge in [-0.2, -0.15) is 0 Å². The molecule has 3 heteroatoms. The lowest BCUT2D eigenvalue weighted by atomic mass is 10.2. The first-order chi connectivity index (χ1) is 8.90. The number of nitrogens with zero attached hydrogens (tertiary/aromatic N) is 1. The molecule has 0 radical (unpaired) electrons. The summed E-state index contributed by atoms with van der Waals surface area (Å²) < 4.78 is 0. The topological polar surface area (TPSA) is 50.9 Å². The molecule has 1 aromatic heterocycles. The van der Waals surface area contributed by atoms with Crippen molar-refractivity contribution in [1.82, 2.24) is 4.98 Å². The number of rotatable bonds is 7. The molecule has 0 spiro atoms. The largest absolute Gasteiger partial charge is 0.370 e. The monoisotopic (exact) mass is 243 g/mol. The van der Waals surface area contributed by atoms with Gasteiger partial charge in [0.2, 0.25) is 0 Å². The van der Waals surface area contributed by atoms with Crippen LogP contribution >= 0.6 is 0 Å². The van der Waals surface area contributed by atoms with Gasteiger partial charge in [-0.1, -0.05) is 31.0 Å². The number of hydrogen-bond donors (Lipinski definition) is 2. The number of fused-ring (bicyclic) bond motifs is 1. The van der Waals surface area contributed by atoms with Crippen molar-refractivity contribution in [3.8, 4) is 0 Å². The molecule has 2 rings (SSSR count). The van der Waals surface area contributed by atoms with Crippen LogP contribution in [-0.2, 0) is 0 Å². The van der Waals surface area contributed by atoms with Crippen molar-refractivity contribution < 1.29 is 0 Å². The quantitative estimate of drug-likeness (QED) is 0.734. The van der Waals surface area contributed by atoms with E-state index in [1.807, 2.05) is 24.3 Å². The molecule has 0 saturated heterocycles. The van der Waals surface area contributed by atoms with Gasteiger partial charge in [-0.15, -0.1) is 0 Å². The Labute approximate surface area is 108 Å². The number of aromatic nitrogens is 1. The molecule has 2 aromatic rings. The van der Waals surface area contributed by atoms with E-state index < -0.39 is 0 Å². The van der Waals surface area contributed by atoms with Crippen LogP contribution in [0.2, 0.25) is 0 Å². The van der Waals surface area contributed by atoms with Gasteiger partial charge in [-0.25, -0.2) is 4.98 Å². The van der Waals surface area contributed by atoms with Gasteiger partial charge in [0.15, 0.2) is 0 Å². The van der Waals surface area contributed by atoms with Crippen LogP contribution in [0.3, 0.4) is 0 Å². The minimum absolute atomic E-state index is 0.805. The van der Waals surface area contributed by atoms with Crippen LogP contribution in [0.4, 0.5) is 5.82 Å². The number of anilines is 1. The maximum atomic E-state index is 5.46. The first kappa shape index (κ1) is 12.8. The molecule has 96 valence electrons. The molecule has 1 heterocycles. The van der Waals surface area contributed by atoms with Gasteiger partial charge in [0, 0.05) is 11.9 Å². The molecule has 1 aromatic carbocycles. The van der Waals surface area contributed by atoms with Crippen molar-refractivity contribution in [2.75, 3.05) is 18.4 Å². The fourth-order valence-corrected chi connectivity index (χ4v) is 2.00. The van der Waals surface area contributed by atoms with E-state index >= 15 is 0 Å². The van der Waals surface area contributed by atoms with Crippen molar-refractivity contribution in [3.63, 3.8) is 0 Å². The maximum absolute atomic E-state index is 5.46. The van der Waals surface area contributed by atoms with Crippen LogP contribution in [0.5, 0.6) is 0 Å². The number of nitrogens with one attached hydrogen (secondary N) is 1. The highest BCUT2D eigenvalue weighted by atomic mass is 15.0. The number of para-hydroxylation sites is 1. The first-order valence-electron chi connectivity index (χ1n) is 6.70. The third-order valence-corrected chi connectivity index (χ3v) is 3.04. The Bertz CT molecular complexity index is 482. The SMILES string of the molecule is NCCCCCCNc1ccc2ccccc2n1. The van der Waals surface area contributed by atoms with Crippen LogP contribution in [-0.4, -0.2) is 18.1 Å². The Hall–Kier alpha value is -1.61. The Morgan fingerprint density at radius 3 is 2.67 bits per heavy atom. The predicted octanol–water partition coefficient (Wildman–Crippen LogP) is 3.17. The summed E-state index contributed by atoms with van der Waals surface area (Å²) in [5.74, 6) is 0.965. The fourth-order valence-electron chi connectivity index (χ4n) is 2.00. The van der Waals surface area contributed by atoms with E-state index in [4.69, 9.17) is 5.73 Å². The average Bonchev–Trinajstić information content (AvgIpc) is 2.42. The van der Waals surface area contributed by atoms with Crippen LogP contribution in [0, 0.1) is 0 Å². The first-order valence-corrected chi connectivity index (χ1v) is 6.70. The zero-order valence-corrected chi connectivity index (χ0v) is 10.7. The van der Waals surface area contributed by atoms with Crippen molar-refractivity contribution in [2.45, 2.75) is 25.7 Å². The molecule has 18 heavy (non-hydrogen) atoms. The molecule has 0 aliphatic rings. The predicted molar refractivity (Wildman–Crippen MR) is 77.8 cm³/mol. The number of benzene rings is 1. The number of hydrogen-bond acceptors (Lipinski definition) is 3. The van der Waals surface area contributed by atoms with E-state index in [9.17, 15) is 0 Å². The number of pyridine rings is 1. The van der Waals surface area contributed by atoms with E-state index in [-0.39, 0.29) is 0 Å². The third-order valence-electron chi connectivity index (χ3n) is 3.04. The molecule has 0 fully saturated rings. The summed E-state index contributed by atoms with van der Waals surface area (Å²) in [5, 5.41) is 4.56. The summed E-state index contributed by atoms with van der Waals surface area (Å²) in [6, 6.07) is 12.3. The molecular weight excluding hydrogens is 222 g/mol. The lowest BCUT2D eigenvalue weighted by Crippen LogP contribution is -2.04. The van der Waals surface area contributed by atoms with Gasteiger partial charge in [0.05, 0.1) is 5.52 Å². The van der Waals surface area contributed by atoms with Crippen LogP contribution < -0.4 is 11.1 Å². The zero-order chi connectivity index (χ0) is 12.6. The van der Waals surface area contributed by atoms with Crippen LogP contribution in [0.1, 0.15) is 25.7 Å². The summed E-state index contributed by atoms with van der Waals surface area (Å²) in [4.78, 5) is 4.58. The average molecular weight is 243 g/mol. The van der Waals surface area contributed by atoms with Crippen molar-refractivity contribution >= 4 is 16.7 Å². The standard InChI is InChI=1S/C15H21N3/c16-11-5-1-2-6-12-17-15-10-9-13-7-3-4-8-14(13)18-15/h3-4,7-10H,1-2,5-6,11-12,16H2,(H,17,18). The van der Waals surface area contributed by atoms with Crippen molar-refractivity contribution in [2.24, 2.45) is 5.73 Å². The number of unbranched alkanes of at least 4 members (excludes halogenated alkanes) is 3. The van der Waals surface area contributed by atoms with E-state index in [2.05, 4.69) is 22.4 Å². The third kappa shape index (κ3) is 3.70. The molecule has 0 amide bonds. The highest BCUT2D eigenvalue weighted by molar-refractivity contribution is 5.79. The van der Waals surface area contributed by atoms with Gasteiger partial charge in [-0.05, 0) is 37.6 Å². The van der Waals surface area contributed by atoms with Crippen molar-refractivity contribution in [3.05, 3.63) is 36.4 Å². The minimum atomic E-state index is 0.805. The molecule has 0 saturated carbocycles. The molecule has 0 atom stereocenters.